The number of rotatable bonds is 3. The second-order valence-corrected chi connectivity index (χ2v) is 4.33. The maximum Gasteiger partial charge on any atom is 0.573 e. The van der Waals surface area contributed by atoms with Crippen molar-refractivity contribution in [2.24, 2.45) is 5.92 Å². The number of hydrogen-bond donors (Lipinski definition) is 2. The van der Waals surface area contributed by atoms with Crippen LogP contribution in [-0.4, -0.2) is 30.5 Å². The van der Waals surface area contributed by atoms with Crippen LogP contribution < -0.4 is 10.1 Å². The monoisotopic (exact) mass is 275 g/mol. The minimum absolute atomic E-state index is 0.238. The molecular formula is C12H12F3NO3. The Morgan fingerprint density at radius 2 is 1.89 bits per heavy atom. The molecule has 1 aromatic rings. The summed E-state index contributed by atoms with van der Waals surface area (Å²) in [4.78, 5) is 11.0. The van der Waals surface area contributed by atoms with Gasteiger partial charge >= 0.3 is 12.3 Å². The Hall–Kier alpha value is -1.76. The lowest BCUT2D eigenvalue weighted by Crippen LogP contribution is -2.21. The number of carboxylic acid groups (broad SMARTS) is 1. The lowest BCUT2D eigenvalue weighted by atomic mass is 9.89. The van der Waals surface area contributed by atoms with Crippen LogP contribution in [0.4, 0.5) is 13.2 Å². The zero-order chi connectivity index (χ0) is 14.0. The van der Waals surface area contributed by atoms with Crippen LogP contribution in [0.2, 0.25) is 0 Å². The fourth-order valence-corrected chi connectivity index (χ4v) is 2.21. The third-order valence-corrected chi connectivity index (χ3v) is 3.07. The SMILES string of the molecule is O=C(O)C1CNCC1c1ccc(OC(F)(F)F)cc1. The fraction of sp³-hybridized carbons (Fsp3) is 0.417. The first-order valence-electron chi connectivity index (χ1n) is 5.66. The molecule has 1 saturated heterocycles. The lowest BCUT2D eigenvalue weighted by Gasteiger charge is -2.16. The van der Waals surface area contributed by atoms with Crippen molar-refractivity contribution in [3.8, 4) is 5.75 Å². The van der Waals surface area contributed by atoms with Gasteiger partial charge in [0.05, 0.1) is 5.92 Å². The smallest absolute Gasteiger partial charge is 0.481 e. The fourth-order valence-electron chi connectivity index (χ4n) is 2.21. The standard InChI is InChI=1S/C12H12F3NO3/c13-12(14,15)19-8-3-1-7(2-4-8)9-5-16-6-10(9)11(17)18/h1-4,9-10,16H,5-6H2,(H,17,18). The van der Waals surface area contributed by atoms with Crippen molar-refractivity contribution >= 4 is 5.97 Å². The highest BCUT2D eigenvalue weighted by molar-refractivity contribution is 5.72. The number of alkyl halides is 3. The van der Waals surface area contributed by atoms with Crippen LogP contribution in [0, 0.1) is 5.92 Å². The molecule has 1 fully saturated rings. The van der Waals surface area contributed by atoms with Gasteiger partial charge in [0, 0.05) is 19.0 Å². The highest BCUT2D eigenvalue weighted by Crippen LogP contribution is 2.30. The minimum Gasteiger partial charge on any atom is -0.481 e. The van der Waals surface area contributed by atoms with Gasteiger partial charge in [-0.25, -0.2) is 0 Å². The highest BCUT2D eigenvalue weighted by Gasteiger charge is 2.34. The molecule has 2 unspecified atom stereocenters. The van der Waals surface area contributed by atoms with Crippen LogP contribution in [0.25, 0.3) is 0 Å². The highest BCUT2D eigenvalue weighted by atomic mass is 19.4. The van der Waals surface area contributed by atoms with Crippen LogP contribution in [0.15, 0.2) is 24.3 Å². The second kappa shape index (κ2) is 5.08. The van der Waals surface area contributed by atoms with Crippen molar-refractivity contribution in [1.82, 2.24) is 5.32 Å². The molecule has 2 atom stereocenters. The summed E-state index contributed by atoms with van der Waals surface area (Å²) < 4.78 is 39.8. The number of hydrogen-bond acceptors (Lipinski definition) is 3. The van der Waals surface area contributed by atoms with Gasteiger partial charge in [-0.3, -0.25) is 4.79 Å². The quantitative estimate of drug-likeness (QED) is 0.885. The van der Waals surface area contributed by atoms with Crippen LogP contribution in [-0.2, 0) is 4.79 Å². The number of halogens is 3. The number of nitrogens with one attached hydrogen (secondary N) is 1. The summed E-state index contributed by atoms with van der Waals surface area (Å²) in [6.07, 6.45) is -4.72. The van der Waals surface area contributed by atoms with E-state index in [1.807, 2.05) is 0 Å². The van der Waals surface area contributed by atoms with E-state index in [9.17, 15) is 18.0 Å². The summed E-state index contributed by atoms with van der Waals surface area (Å²) in [5.74, 6) is -2.02. The third-order valence-electron chi connectivity index (χ3n) is 3.07. The molecule has 104 valence electrons. The molecule has 1 aromatic carbocycles. The first-order chi connectivity index (χ1) is 8.87. The van der Waals surface area contributed by atoms with Crippen LogP contribution >= 0.6 is 0 Å². The molecule has 0 amide bonds. The zero-order valence-corrected chi connectivity index (χ0v) is 9.78. The molecule has 0 aliphatic carbocycles. The van der Waals surface area contributed by atoms with Gasteiger partial charge in [0.2, 0.25) is 0 Å². The van der Waals surface area contributed by atoms with Crippen molar-refractivity contribution in [2.75, 3.05) is 13.1 Å². The first kappa shape index (κ1) is 13.7. The molecule has 4 nitrogen and oxygen atoms in total. The van der Waals surface area contributed by atoms with Crippen LogP contribution in [0.5, 0.6) is 5.75 Å². The molecule has 2 N–H and O–H groups in total. The average Bonchev–Trinajstić information content (AvgIpc) is 2.76. The molecule has 2 rings (SSSR count). The summed E-state index contributed by atoms with van der Waals surface area (Å²) in [7, 11) is 0. The van der Waals surface area contributed by atoms with Crippen molar-refractivity contribution in [3.63, 3.8) is 0 Å². The van der Waals surface area contributed by atoms with E-state index in [1.54, 1.807) is 0 Å². The molecule has 0 spiro atoms. The summed E-state index contributed by atoms with van der Waals surface area (Å²) >= 11 is 0. The number of ether oxygens (including phenoxy) is 1. The van der Waals surface area contributed by atoms with E-state index in [-0.39, 0.29) is 11.7 Å². The second-order valence-electron chi connectivity index (χ2n) is 4.33. The van der Waals surface area contributed by atoms with Gasteiger partial charge < -0.3 is 15.2 Å². The Morgan fingerprint density at radius 3 is 2.42 bits per heavy atom. The van der Waals surface area contributed by atoms with Gasteiger partial charge in [-0.2, -0.15) is 0 Å². The average molecular weight is 275 g/mol. The van der Waals surface area contributed by atoms with E-state index in [2.05, 4.69) is 10.1 Å². The molecule has 0 bridgehead atoms. The molecule has 1 aliphatic heterocycles. The van der Waals surface area contributed by atoms with Crippen LogP contribution in [0.1, 0.15) is 11.5 Å². The maximum atomic E-state index is 12.0. The normalized spacial score (nSPS) is 23.3. The number of aliphatic carboxylic acids is 1. The van der Waals surface area contributed by atoms with Crippen molar-refractivity contribution in [1.29, 1.82) is 0 Å². The van der Waals surface area contributed by atoms with E-state index in [0.717, 1.165) is 0 Å². The molecule has 7 heteroatoms. The Balaban J connectivity index is 2.12. The van der Waals surface area contributed by atoms with Gasteiger partial charge in [-0.1, -0.05) is 12.1 Å². The van der Waals surface area contributed by atoms with Gasteiger partial charge in [0.1, 0.15) is 5.75 Å². The molecule has 19 heavy (non-hydrogen) atoms. The third kappa shape index (κ3) is 3.37. The summed E-state index contributed by atoms with van der Waals surface area (Å²) in [5.41, 5.74) is 0.687. The van der Waals surface area contributed by atoms with Crippen molar-refractivity contribution in [3.05, 3.63) is 29.8 Å². The van der Waals surface area contributed by atoms with E-state index in [0.29, 0.717) is 18.7 Å². The summed E-state index contributed by atoms with van der Waals surface area (Å²) in [6.45, 7) is 0.858. The van der Waals surface area contributed by atoms with Gasteiger partial charge in [0.15, 0.2) is 0 Å². The van der Waals surface area contributed by atoms with Crippen LogP contribution in [0.3, 0.4) is 0 Å². The maximum absolute atomic E-state index is 12.0. The molecule has 0 aromatic heterocycles. The largest absolute Gasteiger partial charge is 0.573 e. The number of carbonyl (C=O) groups is 1. The lowest BCUT2D eigenvalue weighted by molar-refractivity contribution is -0.274. The topological polar surface area (TPSA) is 58.6 Å². The van der Waals surface area contributed by atoms with Gasteiger partial charge in [0.25, 0.3) is 0 Å². The molecule has 1 heterocycles. The summed E-state index contributed by atoms with van der Waals surface area (Å²) in [6, 6.07) is 5.32. The predicted molar refractivity (Wildman–Crippen MR) is 59.9 cm³/mol. The Labute approximate surface area is 107 Å². The number of benzene rings is 1. The van der Waals surface area contributed by atoms with E-state index < -0.39 is 18.2 Å². The van der Waals surface area contributed by atoms with Gasteiger partial charge in [-0.05, 0) is 17.7 Å². The van der Waals surface area contributed by atoms with E-state index in [4.69, 9.17) is 5.11 Å². The molecule has 1 aliphatic rings. The number of carboxylic acids is 1. The molecule has 0 saturated carbocycles. The van der Waals surface area contributed by atoms with Gasteiger partial charge in [-0.15, -0.1) is 13.2 Å². The Bertz CT molecular complexity index is 458. The Kier molecular flexibility index (Phi) is 3.66. The first-order valence-corrected chi connectivity index (χ1v) is 5.66. The van der Waals surface area contributed by atoms with Crippen molar-refractivity contribution in [2.45, 2.75) is 12.3 Å². The summed E-state index contributed by atoms with van der Waals surface area (Å²) in [5, 5.41) is 12.0. The predicted octanol–water partition coefficient (Wildman–Crippen LogP) is 1.97. The van der Waals surface area contributed by atoms with E-state index in [1.165, 1.54) is 24.3 Å². The zero-order valence-electron chi connectivity index (χ0n) is 9.78. The molecular weight excluding hydrogens is 263 g/mol. The van der Waals surface area contributed by atoms with Crippen molar-refractivity contribution < 1.29 is 27.8 Å². The van der Waals surface area contributed by atoms with E-state index >= 15 is 0 Å². The Morgan fingerprint density at radius 1 is 1.26 bits per heavy atom. The molecule has 0 radical (unpaired) electrons. The minimum atomic E-state index is -4.72.